The van der Waals surface area contributed by atoms with Crippen molar-refractivity contribution < 1.29 is 0 Å². The third kappa shape index (κ3) is 2.29. The van der Waals surface area contributed by atoms with E-state index in [9.17, 15) is 0 Å². The monoisotopic (exact) mass is 192 g/mol. The molecule has 0 spiro atoms. The van der Waals surface area contributed by atoms with E-state index in [-0.39, 0.29) is 0 Å². The van der Waals surface area contributed by atoms with Crippen LogP contribution in [-0.4, -0.2) is 0 Å². The van der Waals surface area contributed by atoms with Gasteiger partial charge in [0.05, 0.1) is 0 Å². The van der Waals surface area contributed by atoms with E-state index >= 15 is 0 Å². The van der Waals surface area contributed by atoms with Crippen LogP contribution in [0.2, 0.25) is 0 Å². The Hall–Kier alpha value is -0.520. The van der Waals surface area contributed by atoms with Crippen molar-refractivity contribution in [1.29, 1.82) is 0 Å². The minimum absolute atomic E-state index is 0.709. The summed E-state index contributed by atoms with van der Waals surface area (Å²) >= 11 is 0. The van der Waals surface area contributed by atoms with Crippen LogP contribution in [0.4, 0.5) is 0 Å². The molecule has 0 aromatic carbocycles. The van der Waals surface area contributed by atoms with Gasteiger partial charge in [0, 0.05) is 0 Å². The Bertz CT molecular complexity index is 236. The van der Waals surface area contributed by atoms with Crippen molar-refractivity contribution in [3.05, 3.63) is 24.3 Å². The van der Waals surface area contributed by atoms with Crippen LogP contribution in [0.25, 0.3) is 0 Å². The molecule has 0 aliphatic heterocycles. The minimum Gasteiger partial charge on any atom is -0.0999 e. The largest absolute Gasteiger partial charge is 0.0999 e. The molecule has 0 N–H and O–H groups in total. The highest BCUT2D eigenvalue weighted by Gasteiger charge is 2.33. The molecule has 80 valence electrons. The van der Waals surface area contributed by atoms with E-state index in [1.807, 2.05) is 0 Å². The molecule has 0 amide bonds. The Labute approximate surface area is 89.1 Å². The van der Waals surface area contributed by atoms with Gasteiger partial charge in [-0.3, -0.25) is 0 Å². The van der Waals surface area contributed by atoms with E-state index in [1.54, 1.807) is 0 Å². The molecule has 0 saturated heterocycles. The van der Waals surface area contributed by atoms with Crippen molar-refractivity contribution in [2.24, 2.45) is 23.7 Å². The number of rotatable bonds is 2. The third-order valence-corrected chi connectivity index (χ3v) is 4.06. The fourth-order valence-corrected chi connectivity index (χ4v) is 2.73. The molecule has 1 rings (SSSR count). The van der Waals surface area contributed by atoms with Gasteiger partial charge >= 0.3 is 0 Å². The lowest BCUT2D eigenvalue weighted by molar-refractivity contribution is 0.170. The summed E-state index contributed by atoms with van der Waals surface area (Å²) in [5.41, 5.74) is 2.71. The van der Waals surface area contributed by atoms with Crippen molar-refractivity contribution in [3.63, 3.8) is 0 Å². The molecule has 0 radical (unpaired) electrons. The molecule has 0 unspecified atom stereocenters. The van der Waals surface area contributed by atoms with Crippen molar-refractivity contribution in [2.75, 3.05) is 0 Å². The summed E-state index contributed by atoms with van der Waals surface area (Å²) in [4.78, 5) is 0. The molecule has 0 aromatic rings. The molecule has 4 atom stereocenters. The fraction of sp³-hybridized carbons (Fsp3) is 0.714. The maximum Gasteiger partial charge on any atom is -0.0175 e. The average molecular weight is 192 g/mol. The third-order valence-electron chi connectivity index (χ3n) is 4.06. The Balaban J connectivity index is 2.76. The fourth-order valence-electron chi connectivity index (χ4n) is 2.73. The molecular weight excluding hydrogens is 168 g/mol. The second-order valence-electron chi connectivity index (χ2n) is 5.30. The number of hydrogen-bond donors (Lipinski definition) is 0. The molecule has 1 aliphatic rings. The lowest BCUT2D eigenvalue weighted by Crippen LogP contribution is -2.30. The predicted molar refractivity (Wildman–Crippen MR) is 64.2 cm³/mol. The summed E-state index contributed by atoms with van der Waals surface area (Å²) in [6.45, 7) is 17.3. The van der Waals surface area contributed by atoms with E-state index in [1.165, 1.54) is 24.0 Å². The standard InChI is InChI=1S/C14H24/c1-9(2)13-7-11(5)12(6)14(8-13)10(3)4/h11-14H,1,3,7-8H2,2,4-6H3/t11-,12+,13+,14+/m0/s1. The van der Waals surface area contributed by atoms with Gasteiger partial charge in [0.2, 0.25) is 0 Å². The van der Waals surface area contributed by atoms with Gasteiger partial charge in [-0.1, -0.05) is 38.2 Å². The SMILES string of the molecule is C=C(C)[C@H]1C[C@H](C(=C)C)[C@H](C)[C@@H](C)C1. The van der Waals surface area contributed by atoms with Crippen LogP contribution in [0.5, 0.6) is 0 Å². The highest BCUT2D eigenvalue weighted by molar-refractivity contribution is 5.08. The first-order valence-electron chi connectivity index (χ1n) is 5.74. The van der Waals surface area contributed by atoms with E-state index in [0.717, 1.165) is 17.8 Å². The van der Waals surface area contributed by atoms with Crippen LogP contribution in [0.3, 0.4) is 0 Å². The smallest absolute Gasteiger partial charge is 0.0175 e. The zero-order chi connectivity index (χ0) is 10.9. The van der Waals surface area contributed by atoms with Crippen LogP contribution in [-0.2, 0) is 0 Å². The van der Waals surface area contributed by atoms with Gasteiger partial charge in [0.1, 0.15) is 0 Å². The van der Waals surface area contributed by atoms with Crippen LogP contribution in [0.15, 0.2) is 24.3 Å². The molecule has 14 heavy (non-hydrogen) atoms. The molecule has 1 saturated carbocycles. The zero-order valence-corrected chi connectivity index (χ0v) is 10.1. The second-order valence-corrected chi connectivity index (χ2v) is 5.30. The summed E-state index contributed by atoms with van der Waals surface area (Å²) in [7, 11) is 0. The summed E-state index contributed by atoms with van der Waals surface area (Å²) < 4.78 is 0. The summed E-state index contributed by atoms with van der Waals surface area (Å²) in [5, 5.41) is 0. The van der Waals surface area contributed by atoms with Crippen molar-refractivity contribution in [1.82, 2.24) is 0 Å². The normalized spacial score (nSPS) is 38.0. The van der Waals surface area contributed by atoms with E-state index in [2.05, 4.69) is 40.9 Å². The lowest BCUT2D eigenvalue weighted by atomic mass is 9.66. The van der Waals surface area contributed by atoms with Crippen LogP contribution < -0.4 is 0 Å². The Morgan fingerprint density at radius 1 is 1.00 bits per heavy atom. The first-order valence-corrected chi connectivity index (χ1v) is 5.74. The molecule has 0 heteroatoms. The lowest BCUT2D eigenvalue weighted by Gasteiger charge is -2.39. The van der Waals surface area contributed by atoms with Gasteiger partial charge < -0.3 is 0 Å². The highest BCUT2D eigenvalue weighted by atomic mass is 14.4. The number of allylic oxidation sites excluding steroid dienone is 2. The quantitative estimate of drug-likeness (QED) is 0.567. The maximum atomic E-state index is 4.13. The number of hydrogen-bond acceptors (Lipinski definition) is 0. The van der Waals surface area contributed by atoms with Crippen molar-refractivity contribution in [2.45, 2.75) is 40.5 Å². The van der Waals surface area contributed by atoms with Gasteiger partial charge in [-0.05, 0) is 50.4 Å². The van der Waals surface area contributed by atoms with Gasteiger partial charge in [-0.15, -0.1) is 0 Å². The molecular formula is C14H24. The van der Waals surface area contributed by atoms with Gasteiger partial charge in [-0.2, -0.15) is 0 Å². The minimum atomic E-state index is 0.709. The predicted octanol–water partition coefficient (Wildman–Crippen LogP) is 4.44. The second kappa shape index (κ2) is 4.33. The van der Waals surface area contributed by atoms with Gasteiger partial charge in [0.25, 0.3) is 0 Å². The topological polar surface area (TPSA) is 0 Å². The van der Waals surface area contributed by atoms with Crippen molar-refractivity contribution >= 4 is 0 Å². The molecule has 1 fully saturated rings. The average Bonchev–Trinajstić information content (AvgIpc) is 2.08. The van der Waals surface area contributed by atoms with Crippen LogP contribution in [0.1, 0.15) is 40.5 Å². The van der Waals surface area contributed by atoms with E-state index in [0.29, 0.717) is 5.92 Å². The van der Waals surface area contributed by atoms with Gasteiger partial charge in [-0.25, -0.2) is 0 Å². The Morgan fingerprint density at radius 2 is 1.57 bits per heavy atom. The van der Waals surface area contributed by atoms with Crippen molar-refractivity contribution in [3.8, 4) is 0 Å². The molecule has 0 bridgehead atoms. The molecule has 0 aromatic heterocycles. The van der Waals surface area contributed by atoms with Crippen LogP contribution in [0, 0.1) is 23.7 Å². The van der Waals surface area contributed by atoms with E-state index < -0.39 is 0 Å². The Morgan fingerprint density at radius 3 is 2.00 bits per heavy atom. The molecule has 0 nitrogen and oxygen atoms in total. The summed E-state index contributed by atoms with van der Waals surface area (Å²) in [5.74, 6) is 3.04. The highest BCUT2D eigenvalue weighted by Crippen LogP contribution is 2.42. The summed E-state index contributed by atoms with van der Waals surface area (Å²) in [6.07, 6.45) is 2.59. The maximum absolute atomic E-state index is 4.13. The summed E-state index contributed by atoms with van der Waals surface area (Å²) in [6, 6.07) is 0. The first-order chi connectivity index (χ1) is 6.43. The molecule has 0 heterocycles. The Kier molecular flexibility index (Phi) is 3.58. The first kappa shape index (κ1) is 11.6. The van der Waals surface area contributed by atoms with Crippen LogP contribution >= 0.6 is 0 Å². The molecule has 1 aliphatic carbocycles. The van der Waals surface area contributed by atoms with E-state index in [4.69, 9.17) is 0 Å². The van der Waals surface area contributed by atoms with Gasteiger partial charge in [0.15, 0.2) is 0 Å². The zero-order valence-electron chi connectivity index (χ0n) is 10.1.